The summed E-state index contributed by atoms with van der Waals surface area (Å²) in [6.07, 6.45) is -0.537. The van der Waals surface area contributed by atoms with Crippen molar-refractivity contribution in [2.45, 2.75) is 46.8 Å². The first kappa shape index (κ1) is 17.1. The van der Waals surface area contributed by atoms with E-state index in [0.29, 0.717) is 5.75 Å². The molecular formula is C20H25NO2. The molecule has 2 aromatic carbocycles. The largest absolute Gasteiger partial charge is 0.481 e. The van der Waals surface area contributed by atoms with Gasteiger partial charge in [-0.1, -0.05) is 35.9 Å². The maximum absolute atomic E-state index is 12.4. The van der Waals surface area contributed by atoms with E-state index >= 15 is 0 Å². The second-order valence-corrected chi connectivity index (χ2v) is 6.17. The van der Waals surface area contributed by atoms with Crippen molar-refractivity contribution in [2.24, 2.45) is 0 Å². The molecule has 0 spiro atoms. The molecule has 3 heteroatoms. The van der Waals surface area contributed by atoms with Crippen molar-refractivity contribution in [3.05, 3.63) is 64.7 Å². The molecule has 0 aliphatic carbocycles. The highest BCUT2D eigenvalue weighted by atomic mass is 16.5. The van der Waals surface area contributed by atoms with Gasteiger partial charge < -0.3 is 10.1 Å². The van der Waals surface area contributed by atoms with Crippen LogP contribution in [-0.4, -0.2) is 12.0 Å². The quantitative estimate of drug-likeness (QED) is 0.896. The third-order valence-electron chi connectivity index (χ3n) is 3.92. The minimum atomic E-state index is -0.537. The number of ether oxygens (including phenoxy) is 1. The van der Waals surface area contributed by atoms with E-state index in [4.69, 9.17) is 4.74 Å². The van der Waals surface area contributed by atoms with Crippen LogP contribution in [0.25, 0.3) is 0 Å². The lowest BCUT2D eigenvalue weighted by Gasteiger charge is -2.20. The number of rotatable bonds is 5. The van der Waals surface area contributed by atoms with Gasteiger partial charge in [-0.05, 0) is 63.4 Å². The van der Waals surface area contributed by atoms with E-state index in [-0.39, 0.29) is 11.9 Å². The zero-order valence-corrected chi connectivity index (χ0v) is 14.5. The summed E-state index contributed by atoms with van der Waals surface area (Å²) in [4.78, 5) is 12.4. The van der Waals surface area contributed by atoms with Crippen molar-refractivity contribution in [3.63, 3.8) is 0 Å². The van der Waals surface area contributed by atoms with Crippen LogP contribution in [0.1, 0.15) is 42.1 Å². The van der Waals surface area contributed by atoms with Gasteiger partial charge in [0.05, 0.1) is 6.04 Å². The zero-order valence-electron chi connectivity index (χ0n) is 14.5. The highest BCUT2D eigenvalue weighted by Crippen LogP contribution is 2.19. The molecule has 0 radical (unpaired) electrons. The lowest BCUT2D eigenvalue weighted by molar-refractivity contribution is -0.127. The van der Waals surface area contributed by atoms with Crippen molar-refractivity contribution in [1.29, 1.82) is 0 Å². The second kappa shape index (κ2) is 7.32. The lowest BCUT2D eigenvalue weighted by Crippen LogP contribution is -2.38. The number of nitrogens with one attached hydrogen (secondary N) is 1. The Bertz CT molecular complexity index is 694. The average molecular weight is 311 g/mol. The summed E-state index contributed by atoms with van der Waals surface area (Å²) in [6.45, 7) is 9.90. The normalized spacial score (nSPS) is 13.3. The number of hydrogen-bond donors (Lipinski definition) is 1. The van der Waals surface area contributed by atoms with Gasteiger partial charge >= 0.3 is 0 Å². The molecule has 1 amide bonds. The van der Waals surface area contributed by atoms with Crippen molar-refractivity contribution in [2.75, 3.05) is 0 Å². The molecule has 122 valence electrons. The van der Waals surface area contributed by atoms with Crippen molar-refractivity contribution < 1.29 is 9.53 Å². The first-order valence-electron chi connectivity index (χ1n) is 7.97. The van der Waals surface area contributed by atoms with E-state index < -0.39 is 6.10 Å². The molecule has 1 N–H and O–H groups in total. The number of carbonyl (C=O) groups is 1. The van der Waals surface area contributed by atoms with Crippen LogP contribution in [0.5, 0.6) is 5.75 Å². The Morgan fingerprint density at radius 1 is 1.00 bits per heavy atom. The maximum Gasteiger partial charge on any atom is 0.261 e. The molecule has 3 nitrogen and oxygen atoms in total. The number of carbonyl (C=O) groups excluding carboxylic acids is 1. The molecule has 23 heavy (non-hydrogen) atoms. The molecule has 0 aliphatic heterocycles. The maximum atomic E-state index is 12.4. The highest BCUT2D eigenvalue weighted by molar-refractivity contribution is 5.81. The fraction of sp³-hybridized carbons (Fsp3) is 0.350. The van der Waals surface area contributed by atoms with Gasteiger partial charge in [0.25, 0.3) is 5.91 Å². The minimum Gasteiger partial charge on any atom is -0.481 e. The van der Waals surface area contributed by atoms with Gasteiger partial charge in [-0.15, -0.1) is 0 Å². The molecule has 0 unspecified atom stereocenters. The van der Waals surface area contributed by atoms with Crippen LogP contribution in [0.3, 0.4) is 0 Å². The van der Waals surface area contributed by atoms with Gasteiger partial charge in [0.15, 0.2) is 6.10 Å². The molecule has 2 atom stereocenters. The van der Waals surface area contributed by atoms with Crippen molar-refractivity contribution in [3.8, 4) is 5.75 Å². The summed E-state index contributed by atoms with van der Waals surface area (Å²) in [5, 5.41) is 3.03. The summed E-state index contributed by atoms with van der Waals surface area (Å²) in [6, 6.07) is 13.9. The van der Waals surface area contributed by atoms with E-state index in [0.717, 1.165) is 11.1 Å². The Kier molecular flexibility index (Phi) is 5.43. The summed E-state index contributed by atoms with van der Waals surface area (Å²) in [5.41, 5.74) is 4.65. The Morgan fingerprint density at radius 2 is 1.70 bits per heavy atom. The average Bonchev–Trinajstić information content (AvgIpc) is 2.46. The molecular weight excluding hydrogens is 286 g/mol. The van der Waals surface area contributed by atoms with Gasteiger partial charge in [-0.3, -0.25) is 4.79 Å². The van der Waals surface area contributed by atoms with Crippen LogP contribution in [0.15, 0.2) is 42.5 Å². The van der Waals surface area contributed by atoms with Gasteiger partial charge in [-0.2, -0.15) is 0 Å². The summed E-state index contributed by atoms with van der Waals surface area (Å²) < 4.78 is 5.73. The second-order valence-electron chi connectivity index (χ2n) is 6.17. The van der Waals surface area contributed by atoms with E-state index in [2.05, 4.69) is 37.4 Å². The van der Waals surface area contributed by atoms with Gasteiger partial charge in [0.2, 0.25) is 0 Å². The third kappa shape index (κ3) is 4.59. The number of aryl methyl sites for hydroxylation is 3. The molecule has 0 saturated heterocycles. The smallest absolute Gasteiger partial charge is 0.261 e. The van der Waals surface area contributed by atoms with Crippen LogP contribution in [-0.2, 0) is 4.79 Å². The molecule has 0 heterocycles. The number of benzene rings is 2. The molecule has 2 aromatic rings. The zero-order chi connectivity index (χ0) is 17.0. The summed E-state index contributed by atoms with van der Waals surface area (Å²) in [5.74, 6) is 0.603. The molecule has 2 rings (SSSR count). The molecule has 0 bridgehead atoms. The Labute approximate surface area is 138 Å². The minimum absolute atomic E-state index is 0.0494. The van der Waals surface area contributed by atoms with Gasteiger partial charge in [0, 0.05) is 0 Å². The van der Waals surface area contributed by atoms with Gasteiger partial charge in [0.1, 0.15) is 5.75 Å². The van der Waals surface area contributed by atoms with Crippen molar-refractivity contribution >= 4 is 5.91 Å². The fourth-order valence-corrected chi connectivity index (χ4v) is 2.67. The van der Waals surface area contributed by atoms with Gasteiger partial charge in [-0.25, -0.2) is 0 Å². The predicted octanol–water partition coefficient (Wildman–Crippen LogP) is 4.26. The predicted molar refractivity (Wildman–Crippen MR) is 93.7 cm³/mol. The van der Waals surface area contributed by atoms with Crippen LogP contribution < -0.4 is 10.1 Å². The fourth-order valence-electron chi connectivity index (χ4n) is 2.67. The number of amides is 1. The third-order valence-corrected chi connectivity index (χ3v) is 3.92. The van der Waals surface area contributed by atoms with E-state index in [9.17, 15) is 4.79 Å². The molecule has 0 aromatic heterocycles. The van der Waals surface area contributed by atoms with Crippen LogP contribution in [0.2, 0.25) is 0 Å². The van der Waals surface area contributed by atoms with Crippen LogP contribution in [0.4, 0.5) is 0 Å². The molecule has 0 aliphatic rings. The lowest BCUT2D eigenvalue weighted by atomic mass is 10.0. The first-order valence-corrected chi connectivity index (χ1v) is 7.97. The van der Waals surface area contributed by atoms with Crippen molar-refractivity contribution in [1.82, 2.24) is 5.32 Å². The Morgan fingerprint density at radius 3 is 2.35 bits per heavy atom. The Balaban J connectivity index is 2.00. The van der Waals surface area contributed by atoms with E-state index in [1.165, 1.54) is 11.1 Å². The monoisotopic (exact) mass is 311 g/mol. The van der Waals surface area contributed by atoms with Crippen LogP contribution >= 0.6 is 0 Å². The highest BCUT2D eigenvalue weighted by Gasteiger charge is 2.18. The first-order chi connectivity index (χ1) is 10.9. The van der Waals surface area contributed by atoms with E-state index in [1.54, 1.807) is 6.92 Å². The molecule has 0 fully saturated rings. The SMILES string of the molecule is Cc1cccc(O[C@H](C)C(=O)N[C@@H](C)c2ccc(C)cc2C)c1. The topological polar surface area (TPSA) is 38.3 Å². The van der Waals surface area contributed by atoms with E-state index in [1.807, 2.05) is 38.1 Å². The molecule has 0 saturated carbocycles. The Hall–Kier alpha value is -2.29. The van der Waals surface area contributed by atoms with Crippen LogP contribution in [0, 0.1) is 20.8 Å². The summed E-state index contributed by atoms with van der Waals surface area (Å²) >= 11 is 0. The standard InChI is InChI=1S/C20H25NO2/c1-13-7-6-8-18(12-13)23-17(5)20(22)21-16(4)19-10-9-14(2)11-15(19)3/h6-12,16-17H,1-5H3,(H,21,22)/t16-,17+/m0/s1. The summed E-state index contributed by atoms with van der Waals surface area (Å²) in [7, 11) is 0. The number of hydrogen-bond acceptors (Lipinski definition) is 2.